The summed E-state index contributed by atoms with van der Waals surface area (Å²) in [5, 5.41) is 11.7. The number of carbonyl (C=O) groups is 2. The molecule has 0 fully saturated rings. The maximum atomic E-state index is 11.3. The van der Waals surface area contributed by atoms with Crippen molar-refractivity contribution >= 4 is 23.6 Å². The van der Waals surface area contributed by atoms with Gasteiger partial charge in [-0.2, -0.15) is 0 Å². The summed E-state index contributed by atoms with van der Waals surface area (Å²) in [4.78, 5) is 22.4. The van der Waals surface area contributed by atoms with Gasteiger partial charge in [-0.25, -0.2) is 4.79 Å². The maximum Gasteiger partial charge on any atom is 0.327 e. The van der Waals surface area contributed by atoms with Crippen LogP contribution in [0.25, 0.3) is 0 Å². The molecule has 0 aliphatic heterocycles. The third-order valence-electron chi connectivity index (χ3n) is 2.74. The number of hydrogen-bond acceptors (Lipinski definition) is 3. The van der Waals surface area contributed by atoms with E-state index in [1.165, 1.54) is 18.7 Å². The van der Waals surface area contributed by atoms with E-state index in [0.717, 1.165) is 5.56 Å². The number of carbonyl (C=O) groups excluding carboxylic acids is 1. The van der Waals surface area contributed by atoms with E-state index in [9.17, 15) is 14.7 Å². The second kappa shape index (κ2) is 6.61. The van der Waals surface area contributed by atoms with Gasteiger partial charge in [0.25, 0.3) is 0 Å². The van der Waals surface area contributed by atoms with Crippen LogP contribution in [0.15, 0.2) is 30.3 Å². The number of benzene rings is 1. The first-order valence-electron chi connectivity index (χ1n) is 6.00. The zero-order valence-corrected chi connectivity index (χ0v) is 12.2. The van der Waals surface area contributed by atoms with E-state index in [4.69, 9.17) is 0 Å². The van der Waals surface area contributed by atoms with Crippen LogP contribution in [0, 0.1) is 0 Å². The minimum absolute atomic E-state index is 0.333. The van der Waals surface area contributed by atoms with Crippen molar-refractivity contribution in [1.29, 1.82) is 0 Å². The Morgan fingerprint density at radius 1 is 1.32 bits per heavy atom. The van der Waals surface area contributed by atoms with Crippen molar-refractivity contribution in [1.82, 2.24) is 5.32 Å². The number of amides is 1. The van der Waals surface area contributed by atoms with Crippen molar-refractivity contribution in [3.63, 3.8) is 0 Å². The molecule has 0 saturated heterocycles. The van der Waals surface area contributed by atoms with Crippen LogP contribution in [0.2, 0.25) is 0 Å². The van der Waals surface area contributed by atoms with Gasteiger partial charge in [-0.05, 0) is 19.4 Å². The Bertz CT molecular complexity index is 445. The molecule has 104 valence electrons. The first kappa shape index (κ1) is 15.6. The van der Waals surface area contributed by atoms with Crippen LogP contribution in [0.4, 0.5) is 0 Å². The Morgan fingerprint density at radius 2 is 1.89 bits per heavy atom. The summed E-state index contributed by atoms with van der Waals surface area (Å²) in [5.74, 6) is -0.640. The van der Waals surface area contributed by atoms with E-state index in [1.54, 1.807) is 0 Å². The predicted molar refractivity (Wildman–Crippen MR) is 77.1 cm³/mol. The maximum absolute atomic E-state index is 11.3. The SMILES string of the molecule is CC(=O)N[C@H](C(=O)O)C(C)(C)SCc1ccccc1. The summed E-state index contributed by atoms with van der Waals surface area (Å²) in [6, 6.07) is 8.93. The first-order valence-corrected chi connectivity index (χ1v) is 6.99. The van der Waals surface area contributed by atoms with Crippen LogP contribution >= 0.6 is 11.8 Å². The van der Waals surface area contributed by atoms with E-state index in [1.807, 2.05) is 44.2 Å². The van der Waals surface area contributed by atoms with E-state index < -0.39 is 16.8 Å². The Morgan fingerprint density at radius 3 is 2.37 bits per heavy atom. The third-order valence-corrected chi connectivity index (χ3v) is 4.20. The van der Waals surface area contributed by atoms with Crippen molar-refractivity contribution < 1.29 is 14.7 Å². The van der Waals surface area contributed by atoms with E-state index >= 15 is 0 Å². The molecule has 1 amide bonds. The van der Waals surface area contributed by atoms with Crippen LogP contribution < -0.4 is 5.32 Å². The third kappa shape index (κ3) is 4.95. The number of rotatable bonds is 6. The minimum Gasteiger partial charge on any atom is -0.480 e. The number of thioether (sulfide) groups is 1. The number of carboxylic acid groups (broad SMARTS) is 1. The molecule has 0 radical (unpaired) electrons. The molecule has 0 bridgehead atoms. The van der Waals surface area contributed by atoms with Crippen molar-refractivity contribution in [2.24, 2.45) is 0 Å². The fraction of sp³-hybridized carbons (Fsp3) is 0.429. The standard InChI is InChI=1S/C14H19NO3S/c1-10(16)15-12(13(17)18)14(2,3)19-9-11-7-5-4-6-8-11/h4-8,12H,9H2,1-3H3,(H,15,16)(H,17,18)/t12-/m1/s1. The van der Waals surface area contributed by atoms with Crippen molar-refractivity contribution in [3.8, 4) is 0 Å². The summed E-state index contributed by atoms with van der Waals surface area (Å²) in [5.41, 5.74) is 1.13. The molecule has 0 aliphatic rings. The Labute approximate surface area is 117 Å². The lowest BCUT2D eigenvalue weighted by atomic mass is 10.0. The second-order valence-corrected chi connectivity index (χ2v) is 6.48. The molecule has 1 aromatic rings. The molecule has 2 N–H and O–H groups in total. The molecule has 0 unspecified atom stereocenters. The van der Waals surface area contributed by atoms with Crippen LogP contribution in [0.3, 0.4) is 0 Å². The summed E-state index contributed by atoms with van der Waals surface area (Å²) in [6.45, 7) is 4.98. The van der Waals surface area contributed by atoms with Gasteiger partial charge < -0.3 is 10.4 Å². The van der Waals surface area contributed by atoms with Crippen LogP contribution in [0.5, 0.6) is 0 Å². The Kier molecular flexibility index (Phi) is 5.42. The largest absolute Gasteiger partial charge is 0.480 e. The highest BCUT2D eigenvalue weighted by Gasteiger charge is 2.36. The van der Waals surface area contributed by atoms with Crippen molar-refractivity contribution in [3.05, 3.63) is 35.9 Å². The summed E-state index contributed by atoms with van der Waals surface area (Å²) in [6.07, 6.45) is 0. The fourth-order valence-corrected chi connectivity index (χ4v) is 2.72. The molecule has 0 saturated carbocycles. The molecular weight excluding hydrogens is 262 g/mol. The average Bonchev–Trinajstić information content (AvgIpc) is 2.34. The lowest BCUT2D eigenvalue weighted by molar-refractivity contribution is -0.142. The van der Waals surface area contributed by atoms with Gasteiger partial charge in [0, 0.05) is 17.4 Å². The highest BCUT2D eigenvalue weighted by atomic mass is 32.2. The van der Waals surface area contributed by atoms with Crippen molar-refractivity contribution in [2.45, 2.75) is 37.3 Å². The molecule has 1 aromatic carbocycles. The second-order valence-electron chi connectivity index (χ2n) is 4.85. The molecule has 19 heavy (non-hydrogen) atoms. The van der Waals surface area contributed by atoms with Gasteiger partial charge in [-0.1, -0.05) is 30.3 Å². The molecule has 1 atom stereocenters. The number of aliphatic carboxylic acids is 1. The van der Waals surface area contributed by atoms with Gasteiger partial charge in [0.15, 0.2) is 0 Å². The number of carboxylic acids is 1. The van der Waals surface area contributed by atoms with Gasteiger partial charge in [0.1, 0.15) is 6.04 Å². The van der Waals surface area contributed by atoms with Crippen LogP contribution in [-0.4, -0.2) is 27.8 Å². The lowest BCUT2D eigenvalue weighted by Gasteiger charge is -2.31. The zero-order valence-electron chi connectivity index (χ0n) is 11.3. The van der Waals surface area contributed by atoms with Gasteiger partial charge in [-0.15, -0.1) is 11.8 Å². The first-order chi connectivity index (χ1) is 8.83. The topological polar surface area (TPSA) is 66.4 Å². The van der Waals surface area contributed by atoms with Gasteiger partial charge in [0.2, 0.25) is 5.91 Å². The minimum atomic E-state index is -1.01. The van der Waals surface area contributed by atoms with E-state index in [0.29, 0.717) is 5.75 Å². The summed E-state index contributed by atoms with van der Waals surface area (Å²) >= 11 is 1.51. The highest BCUT2D eigenvalue weighted by molar-refractivity contribution is 7.99. The smallest absolute Gasteiger partial charge is 0.327 e. The molecule has 4 nitrogen and oxygen atoms in total. The van der Waals surface area contributed by atoms with Gasteiger partial charge >= 0.3 is 5.97 Å². The van der Waals surface area contributed by atoms with Gasteiger partial charge in [0.05, 0.1) is 0 Å². The molecular formula is C14H19NO3S. The Hall–Kier alpha value is -1.49. The summed E-state index contributed by atoms with van der Waals surface area (Å²) < 4.78 is -0.590. The normalized spacial score (nSPS) is 12.8. The highest BCUT2D eigenvalue weighted by Crippen LogP contribution is 2.31. The predicted octanol–water partition coefficient (Wildman–Crippen LogP) is 2.29. The molecule has 0 heterocycles. The van der Waals surface area contributed by atoms with Crippen LogP contribution in [-0.2, 0) is 15.3 Å². The summed E-state index contributed by atoms with van der Waals surface area (Å²) in [7, 11) is 0. The molecule has 5 heteroatoms. The van der Waals surface area contributed by atoms with Crippen LogP contribution in [0.1, 0.15) is 26.3 Å². The van der Waals surface area contributed by atoms with Crippen molar-refractivity contribution in [2.75, 3.05) is 0 Å². The van der Waals surface area contributed by atoms with Gasteiger partial charge in [-0.3, -0.25) is 4.79 Å². The molecule has 0 aromatic heterocycles. The number of nitrogens with one attached hydrogen (secondary N) is 1. The monoisotopic (exact) mass is 281 g/mol. The fourth-order valence-electron chi connectivity index (χ4n) is 1.66. The Balaban J connectivity index is 2.71. The van der Waals surface area contributed by atoms with E-state index in [-0.39, 0.29) is 5.91 Å². The number of hydrogen-bond donors (Lipinski definition) is 2. The molecule has 0 spiro atoms. The van der Waals surface area contributed by atoms with E-state index in [2.05, 4.69) is 5.32 Å². The zero-order chi connectivity index (χ0) is 14.5. The quantitative estimate of drug-likeness (QED) is 0.839. The molecule has 0 aliphatic carbocycles. The lowest BCUT2D eigenvalue weighted by Crippen LogP contribution is -2.52. The molecule has 1 rings (SSSR count). The average molecular weight is 281 g/mol.